The van der Waals surface area contributed by atoms with E-state index in [1.54, 1.807) is 9.80 Å². The van der Waals surface area contributed by atoms with E-state index in [4.69, 9.17) is 27.9 Å². The van der Waals surface area contributed by atoms with Crippen LogP contribution in [0.5, 0.6) is 0 Å². The van der Waals surface area contributed by atoms with Gasteiger partial charge in [0.05, 0.1) is 31.6 Å². The van der Waals surface area contributed by atoms with E-state index >= 15 is 0 Å². The number of carbonyl (C=O) groups is 3. The van der Waals surface area contributed by atoms with Gasteiger partial charge in [-0.25, -0.2) is 19.6 Å². The summed E-state index contributed by atoms with van der Waals surface area (Å²) in [4.78, 5) is 56.2. The number of carbonyl (C=O) groups excluding carboxylic acids is 3. The Morgan fingerprint density at radius 1 is 0.882 bits per heavy atom. The fourth-order valence-electron chi connectivity index (χ4n) is 5.73. The van der Waals surface area contributed by atoms with E-state index in [1.807, 2.05) is 83.1 Å². The highest BCUT2D eigenvalue weighted by Gasteiger charge is 2.42. The second-order valence-electron chi connectivity index (χ2n) is 14.3. The zero-order valence-electron chi connectivity index (χ0n) is 30.0. The first kappa shape index (κ1) is 37.7. The molecule has 3 N–H and O–H groups in total. The zero-order chi connectivity index (χ0) is 37.0. The molecule has 2 aromatic heterocycles. The number of aromatic amines is 2. The van der Waals surface area contributed by atoms with E-state index in [1.165, 1.54) is 7.11 Å². The fraction of sp³-hybridized carbons (Fsp3) is 0.432. The number of benzene rings is 2. The van der Waals surface area contributed by atoms with E-state index in [2.05, 4.69) is 36.9 Å². The number of alkyl carbamates (subject to hydrolysis) is 1. The van der Waals surface area contributed by atoms with Crippen molar-refractivity contribution < 1.29 is 23.9 Å². The molecule has 1 saturated carbocycles. The van der Waals surface area contributed by atoms with E-state index in [9.17, 15) is 14.4 Å². The van der Waals surface area contributed by atoms with E-state index < -0.39 is 11.7 Å². The molecule has 3 amide bonds. The SMILES string of the molecule is COC(=O)NCC(=O)N(Cc1nc(Cl)c(-c2ccc(-c3ccc(-c4[nH]c(CN(C(=O)OC(C)(C)C)C5CC5C)nc4Cl)cc3)cc2)[nH]1)CC(C)C. The molecule has 4 aromatic rings. The lowest BCUT2D eigenvalue weighted by Gasteiger charge is -2.27. The number of amides is 3. The van der Waals surface area contributed by atoms with Gasteiger partial charge in [0.1, 0.15) is 23.8 Å². The second-order valence-corrected chi connectivity index (χ2v) is 15.0. The van der Waals surface area contributed by atoms with E-state index in [0.717, 1.165) is 28.7 Å². The summed E-state index contributed by atoms with van der Waals surface area (Å²) < 4.78 is 10.2. The minimum Gasteiger partial charge on any atom is -0.453 e. The molecule has 1 aliphatic carbocycles. The second kappa shape index (κ2) is 15.8. The monoisotopic (exact) mass is 737 g/mol. The Hall–Kier alpha value is -4.55. The Morgan fingerprint density at radius 3 is 1.78 bits per heavy atom. The molecule has 0 aliphatic heterocycles. The van der Waals surface area contributed by atoms with Crippen LogP contribution in [0.15, 0.2) is 48.5 Å². The highest BCUT2D eigenvalue weighted by molar-refractivity contribution is 6.32. The number of hydrogen-bond acceptors (Lipinski definition) is 7. The highest BCUT2D eigenvalue weighted by Crippen LogP contribution is 2.37. The van der Waals surface area contributed by atoms with Crippen LogP contribution in [0.1, 0.15) is 59.6 Å². The largest absolute Gasteiger partial charge is 0.453 e. The molecule has 0 spiro atoms. The maximum atomic E-state index is 13.0. The molecule has 0 bridgehead atoms. The van der Waals surface area contributed by atoms with Crippen LogP contribution in [-0.4, -0.2) is 79.7 Å². The van der Waals surface area contributed by atoms with Gasteiger partial charge in [-0.3, -0.25) is 9.69 Å². The van der Waals surface area contributed by atoms with Crippen LogP contribution in [0.2, 0.25) is 10.3 Å². The summed E-state index contributed by atoms with van der Waals surface area (Å²) in [5.41, 5.74) is 4.43. The van der Waals surface area contributed by atoms with Crippen molar-refractivity contribution in [2.45, 2.75) is 72.7 Å². The van der Waals surface area contributed by atoms with Crippen LogP contribution < -0.4 is 5.32 Å². The van der Waals surface area contributed by atoms with Crippen molar-refractivity contribution in [3.8, 4) is 33.6 Å². The third-order valence-electron chi connectivity index (χ3n) is 8.36. The Balaban J connectivity index is 1.26. The van der Waals surface area contributed by atoms with Gasteiger partial charge in [0.15, 0.2) is 10.3 Å². The van der Waals surface area contributed by atoms with E-state index in [-0.39, 0.29) is 43.6 Å². The standard InChI is InChI=1S/C37H45Cl2N7O5/c1-21(2)18-45(30(47)17-40-35(48)50-7)19-28-41-31(33(38)43-28)25-12-8-23(9-13-25)24-10-14-26(15-11-24)32-34(39)44-29(42-32)20-46(27-16-22(27)3)36(49)51-37(4,5)6/h8-15,21-22,27H,16-20H2,1-7H3,(H,40,48)(H,41,43)(H,42,44). The summed E-state index contributed by atoms with van der Waals surface area (Å²) in [6.07, 6.45) is -0.102. The molecule has 1 fully saturated rings. The van der Waals surface area contributed by atoms with E-state index in [0.29, 0.717) is 45.8 Å². The smallest absolute Gasteiger partial charge is 0.410 e. The molecule has 0 radical (unpaired) electrons. The Bertz CT molecular complexity index is 1850. The summed E-state index contributed by atoms with van der Waals surface area (Å²) in [6, 6.07) is 16.0. The normalized spacial score (nSPS) is 15.4. The van der Waals surface area contributed by atoms with Gasteiger partial charge < -0.3 is 29.7 Å². The van der Waals surface area contributed by atoms with Crippen molar-refractivity contribution in [2.75, 3.05) is 20.2 Å². The van der Waals surface area contributed by atoms with Crippen molar-refractivity contribution >= 4 is 41.3 Å². The molecule has 272 valence electrons. The number of aromatic nitrogens is 4. The van der Waals surface area contributed by atoms with Crippen molar-refractivity contribution in [2.24, 2.45) is 11.8 Å². The Morgan fingerprint density at radius 2 is 1.35 bits per heavy atom. The van der Waals surface area contributed by atoms with Crippen molar-refractivity contribution in [1.82, 2.24) is 35.1 Å². The van der Waals surface area contributed by atoms with Gasteiger partial charge >= 0.3 is 12.2 Å². The maximum absolute atomic E-state index is 13.0. The predicted octanol–water partition coefficient (Wildman–Crippen LogP) is 7.93. The third kappa shape index (κ3) is 9.83. The number of rotatable bonds is 12. The van der Waals surface area contributed by atoms with Crippen molar-refractivity contribution in [3.05, 3.63) is 70.5 Å². The molecule has 5 rings (SSSR count). The van der Waals surface area contributed by atoms with Crippen LogP contribution in [0.3, 0.4) is 0 Å². The molecule has 1 aliphatic rings. The van der Waals surface area contributed by atoms with Crippen molar-refractivity contribution in [1.29, 1.82) is 0 Å². The van der Waals surface area contributed by atoms with Gasteiger partial charge in [0.2, 0.25) is 5.91 Å². The number of nitrogens with one attached hydrogen (secondary N) is 3. The summed E-state index contributed by atoms with van der Waals surface area (Å²) in [5.74, 6) is 1.47. The summed E-state index contributed by atoms with van der Waals surface area (Å²) in [5, 5.41) is 3.06. The number of imidazole rings is 2. The summed E-state index contributed by atoms with van der Waals surface area (Å²) in [6.45, 7) is 12.5. The predicted molar refractivity (Wildman–Crippen MR) is 197 cm³/mol. The van der Waals surface area contributed by atoms with Crippen LogP contribution >= 0.6 is 23.2 Å². The first-order valence-electron chi connectivity index (χ1n) is 16.9. The topological polar surface area (TPSA) is 146 Å². The first-order valence-corrected chi connectivity index (χ1v) is 17.7. The molecule has 2 atom stereocenters. The molecular formula is C37H45Cl2N7O5. The molecule has 12 nitrogen and oxygen atoms in total. The lowest BCUT2D eigenvalue weighted by Crippen LogP contribution is -2.41. The van der Waals surface area contributed by atoms with Crippen LogP contribution in [0, 0.1) is 11.8 Å². The molecule has 2 heterocycles. The molecule has 2 aromatic carbocycles. The fourth-order valence-corrected chi connectivity index (χ4v) is 6.25. The number of halogens is 2. The number of nitrogens with zero attached hydrogens (tertiary/aromatic N) is 4. The van der Waals surface area contributed by atoms with Crippen molar-refractivity contribution in [3.63, 3.8) is 0 Å². The number of hydrogen-bond donors (Lipinski definition) is 3. The molecule has 14 heteroatoms. The maximum Gasteiger partial charge on any atom is 0.410 e. The molecule has 0 saturated heterocycles. The average Bonchev–Trinajstić information content (AvgIpc) is 3.50. The summed E-state index contributed by atoms with van der Waals surface area (Å²) >= 11 is 13.1. The first-order chi connectivity index (χ1) is 24.1. The van der Waals surface area contributed by atoms with Gasteiger partial charge in [-0.2, -0.15) is 0 Å². The molecule has 51 heavy (non-hydrogen) atoms. The van der Waals surface area contributed by atoms with Gasteiger partial charge in [0.25, 0.3) is 0 Å². The van der Waals surface area contributed by atoms with Crippen LogP contribution in [-0.2, 0) is 27.4 Å². The van der Waals surface area contributed by atoms with Crippen LogP contribution in [0.25, 0.3) is 33.6 Å². The molecular weight excluding hydrogens is 693 g/mol. The zero-order valence-corrected chi connectivity index (χ0v) is 31.5. The lowest BCUT2D eigenvalue weighted by atomic mass is 10.0. The number of H-pyrrole nitrogens is 2. The van der Waals surface area contributed by atoms with Gasteiger partial charge in [-0.05, 0) is 50.2 Å². The number of methoxy groups -OCH3 is 1. The lowest BCUT2D eigenvalue weighted by molar-refractivity contribution is -0.131. The third-order valence-corrected chi connectivity index (χ3v) is 8.91. The van der Waals surface area contributed by atoms with Gasteiger partial charge in [-0.1, -0.05) is 92.5 Å². The average molecular weight is 739 g/mol. The number of ether oxygens (including phenoxy) is 2. The minimum atomic E-state index is -0.671. The Kier molecular flexibility index (Phi) is 11.7. The van der Waals surface area contributed by atoms with Crippen LogP contribution in [0.4, 0.5) is 9.59 Å². The molecule has 2 unspecified atom stereocenters. The Labute approximate surface area is 308 Å². The highest BCUT2D eigenvalue weighted by atomic mass is 35.5. The van der Waals surface area contributed by atoms with Gasteiger partial charge in [-0.15, -0.1) is 0 Å². The quantitative estimate of drug-likeness (QED) is 0.134. The van der Waals surface area contributed by atoms with Gasteiger partial charge in [0, 0.05) is 23.7 Å². The minimum absolute atomic E-state index is 0.114. The summed E-state index contributed by atoms with van der Waals surface area (Å²) in [7, 11) is 1.25.